The number of ether oxygens (including phenoxy) is 6. The first-order valence-corrected chi connectivity index (χ1v) is 12.9. The van der Waals surface area contributed by atoms with Crippen LogP contribution in [0.3, 0.4) is 0 Å². The summed E-state index contributed by atoms with van der Waals surface area (Å²) in [6.45, 7) is 10.9. The molecular formula is C27H44O15. The molecule has 42 heavy (non-hydrogen) atoms. The predicted octanol–water partition coefficient (Wildman–Crippen LogP) is -2.07. The molecule has 0 bridgehead atoms. The Hall–Kier alpha value is -2.73. The monoisotopic (exact) mass is 608 g/mol. The number of rotatable bonds is 23. The Kier molecular flexibility index (Phi) is 19.7. The van der Waals surface area contributed by atoms with E-state index in [1.165, 1.54) is 20.8 Å². The molecule has 0 amide bonds. The predicted molar refractivity (Wildman–Crippen MR) is 145 cm³/mol. The first-order valence-electron chi connectivity index (χ1n) is 12.9. The van der Waals surface area contributed by atoms with E-state index >= 15 is 0 Å². The number of carbonyl (C=O) groups is 3. The van der Waals surface area contributed by atoms with Crippen molar-refractivity contribution < 1.29 is 73.4 Å². The van der Waals surface area contributed by atoms with Gasteiger partial charge >= 0.3 is 17.9 Å². The smallest absolute Gasteiger partial charge is 0.333 e. The lowest BCUT2D eigenvalue weighted by Gasteiger charge is -2.30. The molecule has 0 aromatic carbocycles. The number of aliphatic hydroxyl groups is 6. The molecule has 242 valence electrons. The number of hydrogen-bond acceptors (Lipinski definition) is 15. The third-order valence-electron chi connectivity index (χ3n) is 5.08. The highest BCUT2D eigenvalue weighted by Crippen LogP contribution is 2.12. The Morgan fingerprint density at radius 2 is 0.881 bits per heavy atom. The molecule has 0 aliphatic heterocycles. The van der Waals surface area contributed by atoms with Crippen LogP contribution < -0.4 is 0 Å². The van der Waals surface area contributed by atoms with E-state index in [4.69, 9.17) is 28.4 Å². The quantitative estimate of drug-likeness (QED) is 0.0416. The minimum atomic E-state index is -1.88. The normalized spacial score (nSPS) is 16.2. The average Bonchev–Trinajstić information content (AvgIpc) is 2.93. The summed E-state index contributed by atoms with van der Waals surface area (Å²) in [6, 6.07) is 0. The Balaban J connectivity index is 5.01. The van der Waals surface area contributed by atoms with Gasteiger partial charge < -0.3 is 59.1 Å². The summed E-state index contributed by atoms with van der Waals surface area (Å²) in [5, 5.41) is 61.2. The van der Waals surface area contributed by atoms with Crippen molar-refractivity contribution in [3.8, 4) is 0 Å². The minimum absolute atomic E-state index is 0.108. The zero-order valence-electron chi connectivity index (χ0n) is 24.2. The fourth-order valence-corrected chi connectivity index (χ4v) is 2.70. The summed E-state index contributed by atoms with van der Waals surface area (Å²) in [4.78, 5) is 34.3. The molecule has 0 radical (unpaired) electrons. The van der Waals surface area contributed by atoms with Crippen molar-refractivity contribution in [1.82, 2.24) is 0 Å². The van der Waals surface area contributed by atoms with Gasteiger partial charge in [0.1, 0.15) is 62.5 Å². The van der Waals surface area contributed by atoms with Gasteiger partial charge in [0.25, 0.3) is 0 Å². The molecule has 0 rings (SSSR count). The first kappa shape index (κ1) is 39.3. The van der Waals surface area contributed by atoms with E-state index in [0.717, 1.165) is 0 Å². The number of esters is 3. The van der Waals surface area contributed by atoms with Crippen LogP contribution in [0.2, 0.25) is 0 Å². The van der Waals surface area contributed by atoms with Crippen molar-refractivity contribution in [3.05, 3.63) is 36.5 Å². The van der Waals surface area contributed by atoms with Crippen LogP contribution in [0.1, 0.15) is 20.8 Å². The number of carbonyl (C=O) groups excluding carboxylic acids is 3. The Morgan fingerprint density at radius 3 is 1.26 bits per heavy atom. The molecular weight excluding hydrogens is 564 g/mol. The molecule has 6 N–H and O–H groups in total. The number of hydrogen-bond donors (Lipinski definition) is 6. The fourth-order valence-electron chi connectivity index (χ4n) is 2.70. The lowest BCUT2D eigenvalue weighted by molar-refractivity contribution is -0.167. The second-order valence-corrected chi connectivity index (χ2v) is 9.59. The van der Waals surface area contributed by atoms with Crippen LogP contribution in [0.4, 0.5) is 0 Å². The average molecular weight is 609 g/mol. The van der Waals surface area contributed by atoms with Crippen LogP contribution in [0.5, 0.6) is 0 Å². The van der Waals surface area contributed by atoms with E-state index < -0.39 is 100 Å². The molecule has 0 heterocycles. The lowest BCUT2D eigenvalue weighted by Crippen LogP contribution is -2.49. The van der Waals surface area contributed by atoms with Gasteiger partial charge in [-0.25, -0.2) is 14.4 Å². The van der Waals surface area contributed by atoms with Crippen LogP contribution >= 0.6 is 0 Å². The van der Waals surface area contributed by atoms with Crippen molar-refractivity contribution in [3.63, 3.8) is 0 Å². The van der Waals surface area contributed by atoms with Gasteiger partial charge in [0.05, 0.1) is 33.0 Å². The van der Waals surface area contributed by atoms with Gasteiger partial charge in [0, 0.05) is 16.7 Å². The zero-order chi connectivity index (χ0) is 32.4. The largest absolute Gasteiger partial charge is 0.460 e. The Labute approximate surface area is 244 Å². The van der Waals surface area contributed by atoms with Crippen molar-refractivity contribution in [1.29, 1.82) is 0 Å². The van der Waals surface area contributed by atoms with Gasteiger partial charge in [-0.1, -0.05) is 19.7 Å². The zero-order valence-corrected chi connectivity index (χ0v) is 24.2. The van der Waals surface area contributed by atoms with E-state index in [1.54, 1.807) is 0 Å². The second kappa shape index (κ2) is 21.0. The van der Waals surface area contributed by atoms with E-state index in [-0.39, 0.29) is 29.9 Å². The van der Waals surface area contributed by atoms with Crippen molar-refractivity contribution >= 4 is 17.9 Å². The molecule has 0 aromatic rings. The standard InChI is InChI=1S/C27H44O15/c1-15(2)25(34)40-10-18(28)7-37-13-21(31)23(32)24(33)22(39-9-20(30)12-42-27(36)17(5)6)14-38-8-19(29)11-41-26(35)16(3)4/h18-24,28-33H,1,3,5,7-14H2,2,4,6H3. The molecule has 7 atom stereocenters. The third kappa shape index (κ3) is 17.3. The fraction of sp³-hybridized carbons (Fsp3) is 0.667. The van der Waals surface area contributed by atoms with Gasteiger partial charge in [-0.15, -0.1) is 0 Å². The molecule has 0 saturated heterocycles. The van der Waals surface area contributed by atoms with Crippen LogP contribution in [0, 0.1) is 0 Å². The summed E-state index contributed by atoms with van der Waals surface area (Å²) in [7, 11) is 0. The Bertz CT molecular complexity index is 889. The van der Waals surface area contributed by atoms with Gasteiger partial charge in [-0.2, -0.15) is 0 Å². The maximum atomic E-state index is 11.5. The van der Waals surface area contributed by atoms with Gasteiger partial charge in [-0.05, 0) is 20.8 Å². The van der Waals surface area contributed by atoms with Crippen LogP contribution in [0.15, 0.2) is 36.5 Å². The summed E-state index contributed by atoms with van der Waals surface area (Å²) in [5.74, 6) is -2.17. The van der Waals surface area contributed by atoms with E-state index in [0.29, 0.717) is 0 Å². The third-order valence-corrected chi connectivity index (χ3v) is 5.08. The summed E-state index contributed by atoms with van der Waals surface area (Å²) >= 11 is 0. The summed E-state index contributed by atoms with van der Waals surface area (Å²) < 4.78 is 30.3. The van der Waals surface area contributed by atoms with Gasteiger partial charge in [0.15, 0.2) is 0 Å². The summed E-state index contributed by atoms with van der Waals surface area (Å²) in [5.41, 5.74) is 0.374. The maximum Gasteiger partial charge on any atom is 0.333 e. The lowest BCUT2D eigenvalue weighted by atomic mass is 10.0. The molecule has 0 aliphatic carbocycles. The van der Waals surface area contributed by atoms with Gasteiger partial charge in [0.2, 0.25) is 0 Å². The Morgan fingerprint density at radius 1 is 0.524 bits per heavy atom. The highest BCUT2D eigenvalue weighted by atomic mass is 16.6. The summed E-state index contributed by atoms with van der Waals surface area (Å²) in [6.07, 6.45) is -10.6. The highest BCUT2D eigenvalue weighted by Gasteiger charge is 2.33. The molecule has 15 heteroatoms. The van der Waals surface area contributed by atoms with Crippen molar-refractivity contribution in [2.45, 2.75) is 63.5 Å². The second-order valence-electron chi connectivity index (χ2n) is 9.59. The minimum Gasteiger partial charge on any atom is -0.460 e. The molecule has 0 spiro atoms. The maximum absolute atomic E-state index is 11.5. The van der Waals surface area contributed by atoms with E-state index in [1.807, 2.05) is 0 Å². The van der Waals surface area contributed by atoms with E-state index in [2.05, 4.69) is 19.7 Å². The van der Waals surface area contributed by atoms with E-state index in [9.17, 15) is 45.0 Å². The molecule has 15 nitrogen and oxygen atoms in total. The first-order chi connectivity index (χ1) is 19.6. The van der Waals surface area contributed by atoms with Gasteiger partial charge in [-0.3, -0.25) is 0 Å². The number of aliphatic hydroxyl groups excluding tert-OH is 6. The van der Waals surface area contributed by atoms with Crippen LogP contribution in [0.25, 0.3) is 0 Å². The highest BCUT2D eigenvalue weighted by molar-refractivity contribution is 5.87. The van der Waals surface area contributed by atoms with Crippen LogP contribution in [-0.4, -0.2) is 144 Å². The van der Waals surface area contributed by atoms with Crippen molar-refractivity contribution in [2.24, 2.45) is 0 Å². The molecule has 0 fully saturated rings. The molecule has 0 aromatic heterocycles. The topological polar surface area (TPSA) is 228 Å². The SMILES string of the molecule is C=C(C)C(=O)OCC(O)COCC(O)C(O)C(O)C(COCC(O)COC(=O)C(=C)C)OCC(O)COC(=O)C(=C)C. The van der Waals surface area contributed by atoms with Crippen molar-refractivity contribution in [2.75, 3.05) is 52.9 Å². The molecule has 7 unspecified atom stereocenters. The molecule has 0 aliphatic rings. The molecule has 0 saturated carbocycles. The van der Waals surface area contributed by atoms with Crippen LogP contribution in [-0.2, 0) is 42.8 Å².